The average Bonchev–Trinajstić information content (AvgIpc) is 2.28. The van der Waals surface area contributed by atoms with Crippen molar-refractivity contribution in [3.05, 3.63) is 47.0 Å². The van der Waals surface area contributed by atoms with Gasteiger partial charge in [-0.1, -0.05) is 41.9 Å². The molecule has 1 atom stereocenters. The first kappa shape index (κ1) is 11.0. The molecule has 2 aromatic rings. The summed E-state index contributed by atoms with van der Waals surface area (Å²) in [6.07, 6.45) is 0. The largest absolute Gasteiger partial charge is 0.481 e. The van der Waals surface area contributed by atoms with E-state index in [-0.39, 0.29) is 0 Å². The van der Waals surface area contributed by atoms with Crippen molar-refractivity contribution in [2.24, 2.45) is 0 Å². The first-order valence-electron chi connectivity index (χ1n) is 5.01. The lowest BCUT2D eigenvalue weighted by molar-refractivity contribution is -0.138. The predicted octanol–water partition coefficient (Wildman–Crippen LogP) is 3.68. The second-order valence-corrected chi connectivity index (χ2v) is 4.15. The van der Waals surface area contributed by atoms with Gasteiger partial charge in [-0.2, -0.15) is 0 Å². The van der Waals surface area contributed by atoms with Gasteiger partial charge in [0.2, 0.25) is 0 Å². The van der Waals surface area contributed by atoms with Gasteiger partial charge in [0.05, 0.1) is 5.92 Å². The number of carbonyl (C=O) groups is 1. The number of fused-ring (bicyclic) bond motifs is 1. The number of benzene rings is 2. The summed E-state index contributed by atoms with van der Waals surface area (Å²) in [7, 11) is 0. The monoisotopic (exact) mass is 234 g/mol. The zero-order valence-corrected chi connectivity index (χ0v) is 9.53. The number of hydrogen-bond donors (Lipinski definition) is 1. The zero-order valence-electron chi connectivity index (χ0n) is 8.77. The molecule has 16 heavy (non-hydrogen) atoms. The highest BCUT2D eigenvalue weighted by molar-refractivity contribution is 6.35. The molecule has 3 heteroatoms. The number of aliphatic carboxylic acids is 1. The summed E-state index contributed by atoms with van der Waals surface area (Å²) in [5, 5.41) is 11.5. The molecule has 0 saturated heterocycles. The minimum absolute atomic E-state index is 0.526. The molecule has 2 aromatic carbocycles. The van der Waals surface area contributed by atoms with Crippen LogP contribution < -0.4 is 0 Å². The van der Waals surface area contributed by atoms with Crippen molar-refractivity contribution in [3.63, 3.8) is 0 Å². The van der Waals surface area contributed by atoms with E-state index in [1.807, 2.05) is 30.3 Å². The minimum Gasteiger partial charge on any atom is -0.481 e. The fraction of sp³-hybridized carbons (Fsp3) is 0.154. The Morgan fingerprint density at radius 1 is 1.19 bits per heavy atom. The van der Waals surface area contributed by atoms with Crippen LogP contribution in [0.15, 0.2) is 36.4 Å². The molecule has 0 aromatic heterocycles. The summed E-state index contributed by atoms with van der Waals surface area (Å²) in [5.41, 5.74) is 0.799. The standard InChI is InChI=1S/C13H11ClO2/c1-8(13(15)16)9-4-2-6-11-10(9)5-3-7-12(11)14/h2-8H,1H3,(H,15,16). The molecule has 0 bridgehead atoms. The highest BCUT2D eigenvalue weighted by Crippen LogP contribution is 2.29. The van der Waals surface area contributed by atoms with Crippen LogP contribution in [0.3, 0.4) is 0 Å². The quantitative estimate of drug-likeness (QED) is 0.861. The van der Waals surface area contributed by atoms with E-state index >= 15 is 0 Å². The maximum Gasteiger partial charge on any atom is 0.310 e. The molecule has 0 saturated carbocycles. The second-order valence-electron chi connectivity index (χ2n) is 3.74. The van der Waals surface area contributed by atoms with Gasteiger partial charge in [0.25, 0.3) is 0 Å². The molecule has 0 fully saturated rings. The van der Waals surface area contributed by atoms with E-state index < -0.39 is 11.9 Å². The molecule has 0 aliphatic heterocycles. The highest BCUT2D eigenvalue weighted by Gasteiger charge is 2.16. The van der Waals surface area contributed by atoms with Crippen molar-refractivity contribution in [1.29, 1.82) is 0 Å². The Morgan fingerprint density at radius 3 is 2.50 bits per heavy atom. The van der Waals surface area contributed by atoms with Crippen LogP contribution in [0.25, 0.3) is 10.8 Å². The Kier molecular flexibility index (Phi) is 2.84. The van der Waals surface area contributed by atoms with E-state index in [0.717, 1.165) is 16.3 Å². The summed E-state index contributed by atoms with van der Waals surface area (Å²) in [4.78, 5) is 11.0. The Labute approximate surface area is 98.5 Å². The first-order chi connectivity index (χ1) is 7.61. The lowest BCUT2D eigenvalue weighted by atomic mass is 9.95. The van der Waals surface area contributed by atoms with E-state index in [2.05, 4.69) is 0 Å². The fourth-order valence-corrected chi connectivity index (χ4v) is 2.04. The number of carboxylic acids is 1. The molecule has 0 radical (unpaired) electrons. The molecule has 1 N–H and O–H groups in total. The van der Waals surface area contributed by atoms with Crippen molar-refractivity contribution >= 4 is 28.3 Å². The first-order valence-corrected chi connectivity index (χ1v) is 5.39. The van der Waals surface area contributed by atoms with Gasteiger partial charge in [-0.15, -0.1) is 0 Å². The van der Waals surface area contributed by atoms with E-state index in [1.54, 1.807) is 13.0 Å². The number of carboxylic acid groups (broad SMARTS) is 1. The van der Waals surface area contributed by atoms with Crippen molar-refractivity contribution in [3.8, 4) is 0 Å². The van der Waals surface area contributed by atoms with Gasteiger partial charge < -0.3 is 5.11 Å². The Balaban J connectivity index is 2.72. The van der Waals surface area contributed by atoms with Crippen LogP contribution in [-0.2, 0) is 4.79 Å². The van der Waals surface area contributed by atoms with Crippen LogP contribution in [0, 0.1) is 0 Å². The Morgan fingerprint density at radius 2 is 1.81 bits per heavy atom. The minimum atomic E-state index is -0.826. The van der Waals surface area contributed by atoms with E-state index in [1.165, 1.54) is 0 Å². The van der Waals surface area contributed by atoms with E-state index in [0.29, 0.717) is 5.02 Å². The van der Waals surface area contributed by atoms with Crippen molar-refractivity contribution in [1.82, 2.24) is 0 Å². The van der Waals surface area contributed by atoms with Gasteiger partial charge in [0.1, 0.15) is 0 Å². The van der Waals surface area contributed by atoms with Gasteiger partial charge in [-0.3, -0.25) is 4.79 Å². The normalized spacial score (nSPS) is 12.6. The number of rotatable bonds is 2. The molecule has 0 heterocycles. The fourth-order valence-electron chi connectivity index (χ4n) is 1.81. The van der Waals surface area contributed by atoms with Crippen LogP contribution in [0.5, 0.6) is 0 Å². The lowest BCUT2D eigenvalue weighted by Gasteiger charge is -2.11. The number of hydrogen-bond acceptors (Lipinski definition) is 1. The summed E-state index contributed by atoms with van der Waals surface area (Å²) in [5.74, 6) is -1.35. The van der Waals surface area contributed by atoms with Crippen LogP contribution in [0.4, 0.5) is 0 Å². The predicted molar refractivity (Wildman–Crippen MR) is 65.0 cm³/mol. The molecule has 2 nitrogen and oxygen atoms in total. The molecule has 0 aliphatic carbocycles. The SMILES string of the molecule is CC(C(=O)O)c1cccc2c(Cl)cccc12. The van der Waals surface area contributed by atoms with E-state index in [9.17, 15) is 4.79 Å². The smallest absolute Gasteiger partial charge is 0.310 e. The van der Waals surface area contributed by atoms with Gasteiger partial charge in [0, 0.05) is 10.4 Å². The van der Waals surface area contributed by atoms with Crippen LogP contribution in [0.1, 0.15) is 18.4 Å². The third-order valence-corrected chi connectivity index (χ3v) is 3.07. The van der Waals surface area contributed by atoms with Crippen molar-refractivity contribution < 1.29 is 9.90 Å². The van der Waals surface area contributed by atoms with E-state index in [4.69, 9.17) is 16.7 Å². The van der Waals surface area contributed by atoms with Gasteiger partial charge in [-0.25, -0.2) is 0 Å². The summed E-state index contributed by atoms with van der Waals surface area (Å²) < 4.78 is 0. The molecule has 2 rings (SSSR count). The third kappa shape index (κ3) is 1.76. The van der Waals surface area contributed by atoms with Gasteiger partial charge >= 0.3 is 5.97 Å². The molecule has 1 unspecified atom stereocenters. The summed E-state index contributed by atoms with van der Waals surface area (Å²) in [6.45, 7) is 1.68. The Bertz CT molecular complexity index is 549. The molecular weight excluding hydrogens is 224 g/mol. The van der Waals surface area contributed by atoms with Crippen LogP contribution in [0.2, 0.25) is 5.02 Å². The van der Waals surface area contributed by atoms with Crippen LogP contribution >= 0.6 is 11.6 Å². The molecule has 0 amide bonds. The maximum atomic E-state index is 11.0. The number of halogens is 1. The van der Waals surface area contributed by atoms with Crippen LogP contribution in [-0.4, -0.2) is 11.1 Å². The average molecular weight is 235 g/mol. The Hall–Kier alpha value is -1.54. The summed E-state index contributed by atoms with van der Waals surface area (Å²) in [6, 6.07) is 11.1. The molecule has 0 aliphatic rings. The third-order valence-electron chi connectivity index (χ3n) is 2.74. The molecule has 0 spiro atoms. The van der Waals surface area contributed by atoms with Gasteiger partial charge in [-0.05, 0) is 23.9 Å². The lowest BCUT2D eigenvalue weighted by Crippen LogP contribution is -2.07. The second kappa shape index (κ2) is 4.14. The molecule has 82 valence electrons. The maximum absolute atomic E-state index is 11.0. The van der Waals surface area contributed by atoms with Crippen molar-refractivity contribution in [2.45, 2.75) is 12.8 Å². The summed E-state index contributed by atoms with van der Waals surface area (Å²) >= 11 is 6.07. The topological polar surface area (TPSA) is 37.3 Å². The zero-order chi connectivity index (χ0) is 11.7. The highest BCUT2D eigenvalue weighted by atomic mass is 35.5. The van der Waals surface area contributed by atoms with Gasteiger partial charge in [0.15, 0.2) is 0 Å². The van der Waals surface area contributed by atoms with Crippen molar-refractivity contribution in [2.75, 3.05) is 0 Å². The molecular formula is C13H11ClO2.